The summed E-state index contributed by atoms with van der Waals surface area (Å²) in [5, 5.41) is 0. The van der Waals surface area contributed by atoms with Gasteiger partial charge in [-0.15, -0.1) is 11.6 Å². The van der Waals surface area contributed by atoms with Crippen molar-refractivity contribution in [2.24, 2.45) is 0 Å². The number of ether oxygens (including phenoxy) is 2. The maximum atomic E-state index is 13.9. The fraction of sp³-hybridized carbons (Fsp3) is 0.391. The summed E-state index contributed by atoms with van der Waals surface area (Å²) in [6.45, 7) is 2.97. The van der Waals surface area contributed by atoms with Crippen molar-refractivity contribution in [2.45, 2.75) is 31.5 Å². The van der Waals surface area contributed by atoms with Gasteiger partial charge in [0.05, 0.1) is 36.7 Å². The van der Waals surface area contributed by atoms with Gasteiger partial charge in [0.15, 0.2) is 6.29 Å². The first-order valence-electron chi connectivity index (χ1n) is 9.75. The van der Waals surface area contributed by atoms with Crippen LogP contribution in [-0.4, -0.2) is 36.8 Å². The molecule has 1 heterocycles. The first-order valence-corrected chi connectivity index (χ1v) is 10.3. The standard InChI is InChI=1S/C23H22ClF4NO2/c1-16(18-13-19(23(26,27)28)15-20(25)14-18)31-22-21(17-7-3-2-4-8-17)29(11-12-30-22)10-6-5-9-24/h2-4,7-8,13-16,21-22H,9-12H2,1H3/t16-,21+,22-/m1/s1. The maximum Gasteiger partial charge on any atom is 0.416 e. The summed E-state index contributed by atoms with van der Waals surface area (Å²) >= 11 is 5.64. The number of alkyl halides is 4. The minimum absolute atomic E-state index is 0.0850. The summed E-state index contributed by atoms with van der Waals surface area (Å²) in [5.74, 6) is 5.07. The minimum Gasteiger partial charge on any atom is -0.349 e. The van der Waals surface area contributed by atoms with Crippen molar-refractivity contribution in [3.8, 4) is 11.8 Å². The molecule has 3 rings (SSSR count). The van der Waals surface area contributed by atoms with Crippen molar-refractivity contribution >= 4 is 11.6 Å². The van der Waals surface area contributed by atoms with Crippen molar-refractivity contribution < 1.29 is 27.0 Å². The first kappa shape index (κ1) is 23.6. The molecule has 0 unspecified atom stereocenters. The Morgan fingerprint density at radius 1 is 1.19 bits per heavy atom. The summed E-state index contributed by atoms with van der Waals surface area (Å²) in [7, 11) is 0. The molecule has 0 aliphatic carbocycles. The first-order chi connectivity index (χ1) is 14.8. The van der Waals surface area contributed by atoms with E-state index in [9.17, 15) is 17.6 Å². The zero-order valence-electron chi connectivity index (χ0n) is 16.8. The van der Waals surface area contributed by atoms with E-state index in [2.05, 4.69) is 16.7 Å². The lowest BCUT2D eigenvalue weighted by molar-refractivity contribution is -0.228. The van der Waals surface area contributed by atoms with Crippen molar-refractivity contribution in [2.75, 3.05) is 25.6 Å². The van der Waals surface area contributed by atoms with Crippen LogP contribution in [0.1, 0.15) is 35.8 Å². The topological polar surface area (TPSA) is 21.7 Å². The molecule has 31 heavy (non-hydrogen) atoms. The molecule has 0 bridgehead atoms. The smallest absolute Gasteiger partial charge is 0.349 e. The van der Waals surface area contributed by atoms with Crippen LogP contribution in [0.25, 0.3) is 0 Å². The van der Waals surface area contributed by atoms with Gasteiger partial charge >= 0.3 is 6.18 Å². The van der Waals surface area contributed by atoms with Gasteiger partial charge in [0.25, 0.3) is 0 Å². The average molecular weight is 456 g/mol. The molecule has 0 aromatic heterocycles. The summed E-state index contributed by atoms with van der Waals surface area (Å²) in [5.41, 5.74) is -0.0517. The zero-order valence-corrected chi connectivity index (χ0v) is 17.6. The zero-order chi connectivity index (χ0) is 22.4. The fourth-order valence-corrected chi connectivity index (χ4v) is 3.59. The molecule has 0 spiro atoms. The predicted molar refractivity (Wildman–Crippen MR) is 110 cm³/mol. The highest BCUT2D eigenvalue weighted by atomic mass is 35.5. The third kappa shape index (κ3) is 6.20. The van der Waals surface area contributed by atoms with Gasteiger partial charge < -0.3 is 9.47 Å². The Balaban J connectivity index is 1.86. The number of hydrogen-bond donors (Lipinski definition) is 0. The van der Waals surface area contributed by atoms with Crippen molar-refractivity contribution in [3.63, 3.8) is 0 Å². The molecule has 0 N–H and O–H groups in total. The SMILES string of the molecule is C[C@@H](O[C@H]1OCCN(CC#CCCl)[C@H]1c1ccccc1)c1cc(F)cc(C(F)(F)F)c1. The summed E-state index contributed by atoms with van der Waals surface area (Å²) in [6, 6.07) is 11.6. The highest BCUT2D eigenvalue weighted by Crippen LogP contribution is 2.36. The molecular weight excluding hydrogens is 434 g/mol. The maximum absolute atomic E-state index is 13.9. The van der Waals surface area contributed by atoms with Gasteiger partial charge in [-0.25, -0.2) is 4.39 Å². The van der Waals surface area contributed by atoms with Gasteiger partial charge in [0, 0.05) is 6.54 Å². The van der Waals surface area contributed by atoms with E-state index in [4.69, 9.17) is 21.1 Å². The molecule has 0 radical (unpaired) electrons. The highest BCUT2D eigenvalue weighted by molar-refractivity contribution is 6.19. The van der Waals surface area contributed by atoms with Crippen molar-refractivity contribution in [1.29, 1.82) is 0 Å². The summed E-state index contributed by atoms with van der Waals surface area (Å²) < 4.78 is 65.0. The number of benzene rings is 2. The largest absolute Gasteiger partial charge is 0.416 e. The second-order valence-corrected chi connectivity index (χ2v) is 7.37. The number of morpholine rings is 1. The van der Waals surface area contributed by atoms with Gasteiger partial charge in [-0.2, -0.15) is 13.2 Å². The van der Waals surface area contributed by atoms with E-state index in [1.165, 1.54) is 0 Å². The van der Waals surface area contributed by atoms with E-state index in [1.54, 1.807) is 6.92 Å². The molecule has 8 heteroatoms. The Bertz CT molecular complexity index is 927. The highest BCUT2D eigenvalue weighted by Gasteiger charge is 2.36. The van der Waals surface area contributed by atoms with Gasteiger partial charge in [-0.05, 0) is 36.2 Å². The molecule has 0 saturated carbocycles. The Morgan fingerprint density at radius 3 is 2.61 bits per heavy atom. The summed E-state index contributed by atoms with van der Waals surface area (Å²) in [4.78, 5) is 2.07. The predicted octanol–water partition coefficient (Wildman–Crippen LogP) is 5.56. The number of hydrogen-bond acceptors (Lipinski definition) is 3. The van der Waals surface area contributed by atoms with Gasteiger partial charge in [-0.1, -0.05) is 42.2 Å². The fourth-order valence-electron chi connectivity index (χ4n) is 3.49. The van der Waals surface area contributed by atoms with E-state index >= 15 is 0 Å². The van der Waals surface area contributed by atoms with Crippen LogP contribution in [0.2, 0.25) is 0 Å². The normalized spacial score (nSPS) is 20.7. The van der Waals surface area contributed by atoms with E-state index in [0.29, 0.717) is 25.8 Å². The van der Waals surface area contributed by atoms with Crippen LogP contribution >= 0.6 is 11.6 Å². The lowest BCUT2D eigenvalue weighted by Gasteiger charge is -2.41. The molecule has 1 fully saturated rings. The number of rotatable bonds is 5. The average Bonchev–Trinajstić information content (AvgIpc) is 2.73. The van der Waals surface area contributed by atoms with Crippen molar-refractivity contribution in [3.05, 3.63) is 71.0 Å². The summed E-state index contributed by atoms with van der Waals surface area (Å²) in [6.07, 6.45) is -6.26. The van der Waals surface area contributed by atoms with Gasteiger partial charge in [0.2, 0.25) is 0 Å². The molecule has 2 aromatic rings. The van der Waals surface area contributed by atoms with Crippen LogP contribution in [0.15, 0.2) is 48.5 Å². The van der Waals surface area contributed by atoms with Gasteiger partial charge in [0.1, 0.15) is 5.82 Å². The quantitative estimate of drug-likeness (QED) is 0.334. The van der Waals surface area contributed by atoms with Gasteiger partial charge in [-0.3, -0.25) is 4.90 Å². The Hall–Kier alpha value is -2.11. The molecule has 166 valence electrons. The second-order valence-electron chi connectivity index (χ2n) is 7.10. The molecular formula is C23H22ClF4NO2. The lowest BCUT2D eigenvalue weighted by Crippen LogP contribution is -2.46. The van der Waals surface area contributed by atoms with Crippen LogP contribution in [-0.2, 0) is 15.7 Å². The van der Waals surface area contributed by atoms with Crippen LogP contribution in [0, 0.1) is 17.7 Å². The minimum atomic E-state index is -4.65. The molecule has 2 aromatic carbocycles. The molecule has 1 aliphatic rings. The molecule has 1 aliphatic heterocycles. The molecule has 3 nitrogen and oxygen atoms in total. The van der Waals surface area contributed by atoms with E-state index in [0.717, 1.165) is 17.7 Å². The second kappa shape index (κ2) is 10.5. The Kier molecular flexibility index (Phi) is 7.95. The number of halogens is 5. The Morgan fingerprint density at radius 2 is 1.94 bits per heavy atom. The third-order valence-corrected chi connectivity index (χ3v) is 5.12. The Labute approximate surface area is 183 Å². The van der Waals surface area contributed by atoms with Crippen LogP contribution in [0.4, 0.5) is 17.6 Å². The number of nitrogens with zero attached hydrogens (tertiary/aromatic N) is 1. The monoisotopic (exact) mass is 455 g/mol. The molecule has 3 atom stereocenters. The molecule has 0 amide bonds. The molecule has 1 saturated heterocycles. The van der Waals surface area contributed by atoms with Crippen molar-refractivity contribution in [1.82, 2.24) is 4.90 Å². The lowest BCUT2D eigenvalue weighted by atomic mass is 10.0. The van der Waals surface area contributed by atoms with E-state index in [1.807, 2.05) is 30.3 Å². The third-order valence-electron chi connectivity index (χ3n) is 4.98. The van der Waals surface area contributed by atoms with E-state index < -0.39 is 30.0 Å². The van der Waals surface area contributed by atoms with E-state index in [-0.39, 0.29) is 17.5 Å². The van der Waals surface area contributed by atoms with Crippen LogP contribution in [0.3, 0.4) is 0 Å². The van der Waals surface area contributed by atoms with Crippen LogP contribution < -0.4 is 0 Å². The van der Waals surface area contributed by atoms with Crippen LogP contribution in [0.5, 0.6) is 0 Å².